The second kappa shape index (κ2) is 16.6. The molecule has 0 aliphatic rings. The Hall–Kier alpha value is 0.179. The third-order valence-electron chi connectivity index (χ3n) is 1.04. The number of carbonyl (C=O) groups is 2. The minimum absolute atomic E-state index is 0. The van der Waals surface area contributed by atoms with Crippen molar-refractivity contribution in [1.82, 2.24) is 10.6 Å². The Morgan fingerprint density at radius 2 is 1.20 bits per heavy atom. The zero-order valence-corrected chi connectivity index (χ0v) is 14.8. The molecule has 0 fully saturated rings. The van der Waals surface area contributed by atoms with Crippen molar-refractivity contribution in [2.75, 3.05) is 13.1 Å². The molecule has 4 nitrogen and oxygen atoms in total. The molecule has 0 unspecified atom stereocenters. The summed E-state index contributed by atoms with van der Waals surface area (Å²) in [5.74, 6) is 0. The van der Waals surface area contributed by atoms with Crippen LogP contribution in [0.4, 0.5) is 9.59 Å². The van der Waals surface area contributed by atoms with Crippen LogP contribution in [0.1, 0.15) is 26.7 Å². The molecule has 0 spiro atoms. The quantitative estimate of drug-likeness (QED) is 0.565. The van der Waals surface area contributed by atoms with Crippen LogP contribution < -0.4 is 10.6 Å². The number of carbonyl (C=O) groups excluding carboxylic acids is 2. The van der Waals surface area contributed by atoms with E-state index in [2.05, 4.69) is 35.9 Å². The van der Waals surface area contributed by atoms with E-state index in [1.807, 2.05) is 13.8 Å². The molecule has 0 saturated heterocycles. The van der Waals surface area contributed by atoms with Gasteiger partial charge in [-0.05, 0) is 12.8 Å². The van der Waals surface area contributed by atoms with Gasteiger partial charge in [0.25, 0.3) is 0 Å². The van der Waals surface area contributed by atoms with Gasteiger partial charge in [0.1, 0.15) is 0 Å². The van der Waals surface area contributed by atoms with E-state index in [4.69, 9.17) is 0 Å². The normalized spacial score (nSPS) is 7.60. The van der Waals surface area contributed by atoms with Crippen molar-refractivity contribution in [3.8, 4) is 0 Å². The van der Waals surface area contributed by atoms with Gasteiger partial charge in [0.15, 0.2) is 0 Å². The maximum absolute atomic E-state index is 9.91. The summed E-state index contributed by atoms with van der Waals surface area (Å²) >= 11 is 8.39. The molecule has 2 N–H and O–H groups in total. The van der Waals surface area contributed by atoms with Gasteiger partial charge < -0.3 is 45.5 Å². The fraction of sp³-hybridized carbons (Fsp3) is 0.750. The zero-order chi connectivity index (χ0) is 11.4. The molecule has 88 valence electrons. The molecule has 0 atom stereocenters. The average molecular weight is 357 g/mol. The van der Waals surface area contributed by atoms with Crippen LogP contribution in [0.3, 0.4) is 0 Å². The van der Waals surface area contributed by atoms with Crippen LogP contribution in [0.2, 0.25) is 0 Å². The van der Waals surface area contributed by atoms with Crippen molar-refractivity contribution in [2.45, 2.75) is 26.7 Å². The molecule has 15 heavy (non-hydrogen) atoms. The summed E-state index contributed by atoms with van der Waals surface area (Å²) in [6.45, 7) is 5.35. The van der Waals surface area contributed by atoms with Crippen LogP contribution in [0.15, 0.2) is 0 Å². The molecule has 2 amide bonds. The zero-order valence-electron chi connectivity index (χ0n) is 9.17. The number of hydrogen-bond acceptors (Lipinski definition) is 4. The van der Waals surface area contributed by atoms with Gasteiger partial charge in [0, 0.05) is 13.1 Å². The van der Waals surface area contributed by atoms with Gasteiger partial charge in [-0.15, -0.1) is 0 Å². The first-order valence-corrected chi connectivity index (χ1v) is 5.25. The molecule has 0 heterocycles. The van der Waals surface area contributed by atoms with E-state index >= 15 is 0 Å². The molecule has 0 aromatic heterocycles. The first-order chi connectivity index (χ1) is 6.54. The predicted molar refractivity (Wildman–Crippen MR) is 70.7 cm³/mol. The van der Waals surface area contributed by atoms with Gasteiger partial charge >= 0.3 is 23.9 Å². The standard InChI is InChI=1S/2C4H9NOS.Sn.2H/c2*1-2-3-5-4(6)7;;;/h2*2-3H2,1H3,(H2,5,6,7);;;/q;;+2;;/p-2. The third-order valence-corrected chi connectivity index (χ3v) is 1.33. The maximum atomic E-state index is 9.91. The van der Waals surface area contributed by atoms with E-state index in [0.717, 1.165) is 12.8 Å². The minimum atomic E-state index is -0.359. The summed E-state index contributed by atoms with van der Waals surface area (Å²) in [7, 11) is 0. The first-order valence-electron chi connectivity index (χ1n) is 4.44. The van der Waals surface area contributed by atoms with Gasteiger partial charge in [-0.25, -0.2) is 0 Å². The molecule has 0 aromatic rings. The molecule has 0 aliphatic carbocycles. The van der Waals surface area contributed by atoms with Crippen LogP contribution in [0.5, 0.6) is 0 Å². The van der Waals surface area contributed by atoms with Gasteiger partial charge in [-0.3, -0.25) is 0 Å². The number of hydrogen-bond donors (Lipinski definition) is 2. The third kappa shape index (κ3) is 31.4. The summed E-state index contributed by atoms with van der Waals surface area (Å²) in [6, 6.07) is 0. The molecule has 0 aliphatic heterocycles. The average Bonchev–Trinajstić information content (AvgIpc) is 2.12. The van der Waals surface area contributed by atoms with Crippen molar-refractivity contribution in [1.29, 1.82) is 0 Å². The fourth-order valence-corrected chi connectivity index (χ4v) is 0.658. The van der Waals surface area contributed by atoms with Gasteiger partial charge in [0.05, 0.1) is 10.5 Å². The number of rotatable bonds is 4. The molecular formula is C8H18N2O2S2Sn. The Kier molecular flexibility index (Phi) is 22.8. The fourth-order valence-electron chi connectivity index (χ4n) is 0.454. The first kappa shape index (κ1) is 20.6. The Morgan fingerprint density at radius 3 is 1.27 bits per heavy atom. The van der Waals surface area contributed by atoms with E-state index in [1.165, 1.54) is 0 Å². The molecule has 0 aromatic carbocycles. The van der Waals surface area contributed by atoms with Crippen LogP contribution >= 0.6 is 0 Å². The van der Waals surface area contributed by atoms with Crippen molar-refractivity contribution in [3.05, 3.63) is 0 Å². The topological polar surface area (TPSA) is 58.2 Å². The monoisotopic (exact) mass is 358 g/mol. The SMILES string of the molecule is CCCNC(=O)[S-].CCCNC(=O)[S-].[SnH2+2]. The molecule has 0 rings (SSSR count). The summed E-state index contributed by atoms with van der Waals surface area (Å²) in [4.78, 5) is 19.8. The summed E-state index contributed by atoms with van der Waals surface area (Å²) in [5, 5.41) is 4.22. The van der Waals surface area contributed by atoms with E-state index in [1.54, 1.807) is 0 Å². The number of amides is 2. The Morgan fingerprint density at radius 1 is 0.933 bits per heavy atom. The second-order valence-electron chi connectivity index (χ2n) is 2.43. The Bertz CT molecular complexity index is 153. The Labute approximate surface area is 119 Å². The van der Waals surface area contributed by atoms with E-state index < -0.39 is 0 Å². The predicted octanol–water partition coefficient (Wildman–Crippen LogP) is 0.390. The molecular weight excluding hydrogens is 339 g/mol. The summed E-state index contributed by atoms with van der Waals surface area (Å²) in [6.07, 6.45) is 1.89. The van der Waals surface area contributed by atoms with Crippen LogP contribution in [-0.2, 0) is 25.3 Å². The molecule has 0 saturated carbocycles. The summed E-state index contributed by atoms with van der Waals surface area (Å²) in [5.41, 5.74) is 0. The second-order valence-corrected chi connectivity index (χ2v) is 3.17. The molecule has 7 heteroatoms. The van der Waals surface area contributed by atoms with Crippen LogP contribution in [0.25, 0.3) is 0 Å². The van der Waals surface area contributed by atoms with Gasteiger partial charge in [0.2, 0.25) is 0 Å². The van der Waals surface area contributed by atoms with Crippen molar-refractivity contribution in [3.63, 3.8) is 0 Å². The van der Waals surface area contributed by atoms with Gasteiger partial charge in [-0.2, -0.15) is 0 Å². The van der Waals surface area contributed by atoms with Crippen molar-refractivity contribution in [2.24, 2.45) is 0 Å². The van der Waals surface area contributed by atoms with Crippen LogP contribution in [0, 0.1) is 0 Å². The van der Waals surface area contributed by atoms with E-state index in [-0.39, 0.29) is 34.4 Å². The molecule has 0 bridgehead atoms. The van der Waals surface area contributed by atoms with Crippen LogP contribution in [-0.4, -0.2) is 47.5 Å². The Balaban J connectivity index is -0.000000180. The van der Waals surface area contributed by atoms with E-state index in [9.17, 15) is 9.59 Å². The van der Waals surface area contributed by atoms with E-state index in [0.29, 0.717) is 13.1 Å². The number of nitrogens with one attached hydrogen (secondary N) is 2. The summed E-state index contributed by atoms with van der Waals surface area (Å²) < 4.78 is 0. The van der Waals surface area contributed by atoms with Crippen molar-refractivity contribution >= 4 is 59.6 Å². The van der Waals surface area contributed by atoms with Gasteiger partial charge in [-0.1, -0.05) is 13.8 Å². The van der Waals surface area contributed by atoms with Crippen molar-refractivity contribution < 1.29 is 9.59 Å². The molecule has 0 radical (unpaired) electrons.